The summed E-state index contributed by atoms with van der Waals surface area (Å²) in [5.41, 5.74) is 0.874. The third-order valence-corrected chi connectivity index (χ3v) is 6.15. The summed E-state index contributed by atoms with van der Waals surface area (Å²) in [5, 5.41) is 0.525. The highest BCUT2D eigenvalue weighted by atomic mass is 35.5. The molecule has 3 aliphatic carbocycles. The van der Waals surface area contributed by atoms with Crippen LogP contribution in [0.3, 0.4) is 0 Å². The van der Waals surface area contributed by atoms with Gasteiger partial charge in [-0.3, -0.25) is 14.5 Å². The van der Waals surface area contributed by atoms with Crippen molar-refractivity contribution in [1.29, 1.82) is 0 Å². The molecule has 4 rings (SSSR count). The number of carbonyl (C=O) groups excluding carboxylic acids is 2. The zero-order chi connectivity index (χ0) is 15.5. The first-order valence-corrected chi connectivity index (χ1v) is 8.18. The van der Waals surface area contributed by atoms with Crippen LogP contribution in [0.15, 0.2) is 36.4 Å². The maximum absolute atomic E-state index is 13.0. The SMILES string of the molecule is C[C@H]1[C@H](C(=O)N(C=O)c2cccc(Cl)c2)[C@H]2C=C[C@H]1C21CC1. The van der Waals surface area contributed by atoms with Gasteiger partial charge in [-0.05, 0) is 54.2 Å². The molecule has 4 atom stereocenters. The van der Waals surface area contributed by atoms with Gasteiger partial charge in [0, 0.05) is 10.9 Å². The van der Waals surface area contributed by atoms with Gasteiger partial charge in [0.15, 0.2) is 0 Å². The summed E-state index contributed by atoms with van der Waals surface area (Å²) in [6.07, 6.45) is 7.54. The summed E-state index contributed by atoms with van der Waals surface area (Å²) in [7, 11) is 0. The number of imide groups is 1. The summed E-state index contributed by atoms with van der Waals surface area (Å²) in [4.78, 5) is 25.8. The van der Waals surface area contributed by atoms with E-state index in [0.29, 0.717) is 40.3 Å². The average Bonchev–Trinajstić information content (AvgIpc) is 3.15. The van der Waals surface area contributed by atoms with Crippen LogP contribution in [0.2, 0.25) is 5.02 Å². The number of carbonyl (C=O) groups is 2. The van der Waals surface area contributed by atoms with Crippen LogP contribution in [0.1, 0.15) is 19.8 Å². The molecule has 2 amide bonds. The van der Waals surface area contributed by atoms with E-state index in [-0.39, 0.29) is 11.8 Å². The van der Waals surface area contributed by atoms with Crippen LogP contribution in [0.5, 0.6) is 0 Å². The maximum atomic E-state index is 13.0. The van der Waals surface area contributed by atoms with Gasteiger partial charge in [-0.15, -0.1) is 0 Å². The zero-order valence-corrected chi connectivity index (χ0v) is 13.2. The Morgan fingerprint density at radius 2 is 2.05 bits per heavy atom. The number of hydrogen-bond acceptors (Lipinski definition) is 2. The quantitative estimate of drug-likeness (QED) is 0.630. The Bertz CT molecular complexity index is 679. The summed E-state index contributed by atoms with van der Waals surface area (Å²) in [6, 6.07) is 6.90. The Hall–Kier alpha value is -1.61. The van der Waals surface area contributed by atoms with E-state index < -0.39 is 0 Å². The molecule has 2 bridgehead atoms. The van der Waals surface area contributed by atoms with Crippen molar-refractivity contribution in [3.05, 3.63) is 41.4 Å². The fourth-order valence-electron chi connectivity index (χ4n) is 4.79. The van der Waals surface area contributed by atoms with Crippen molar-refractivity contribution in [2.75, 3.05) is 4.90 Å². The van der Waals surface area contributed by atoms with Crippen LogP contribution in [-0.4, -0.2) is 12.3 Å². The highest BCUT2D eigenvalue weighted by Gasteiger charge is 2.67. The topological polar surface area (TPSA) is 37.4 Å². The maximum Gasteiger partial charge on any atom is 0.237 e. The number of benzene rings is 1. The number of hydrogen-bond donors (Lipinski definition) is 0. The Morgan fingerprint density at radius 3 is 2.64 bits per heavy atom. The largest absolute Gasteiger partial charge is 0.278 e. The Balaban J connectivity index is 1.66. The molecule has 0 aromatic heterocycles. The summed E-state index contributed by atoms with van der Waals surface area (Å²) in [5.74, 6) is 0.905. The molecule has 22 heavy (non-hydrogen) atoms. The van der Waals surface area contributed by atoms with E-state index in [9.17, 15) is 9.59 Å². The third-order valence-electron chi connectivity index (χ3n) is 5.92. The van der Waals surface area contributed by atoms with Crippen molar-refractivity contribution in [2.24, 2.45) is 29.1 Å². The number of allylic oxidation sites excluding steroid dienone is 2. The summed E-state index contributed by atoms with van der Waals surface area (Å²) < 4.78 is 0. The van der Waals surface area contributed by atoms with Gasteiger partial charge in [-0.2, -0.15) is 0 Å². The zero-order valence-electron chi connectivity index (χ0n) is 12.4. The van der Waals surface area contributed by atoms with Crippen molar-refractivity contribution in [1.82, 2.24) is 0 Å². The molecule has 0 heterocycles. The molecule has 3 nitrogen and oxygen atoms in total. The highest BCUT2D eigenvalue weighted by molar-refractivity contribution is 6.31. The number of anilines is 1. The first kappa shape index (κ1) is 14.0. The summed E-state index contributed by atoms with van der Waals surface area (Å²) in [6.45, 7) is 2.15. The standard InChI is InChI=1S/C18H18ClNO2/c1-11-14-5-6-15(18(14)7-8-18)16(11)17(22)20(10-21)13-4-2-3-12(19)9-13/h2-6,9-11,14-16H,7-8H2,1H3/t11-,14-,15-,16+/m1/s1. The van der Waals surface area contributed by atoms with Crippen LogP contribution in [-0.2, 0) is 9.59 Å². The molecule has 2 saturated carbocycles. The Morgan fingerprint density at radius 1 is 1.32 bits per heavy atom. The fourth-order valence-corrected chi connectivity index (χ4v) is 4.97. The normalized spacial score (nSPS) is 33.2. The number of nitrogens with zero attached hydrogens (tertiary/aromatic N) is 1. The van der Waals surface area contributed by atoms with Gasteiger partial charge in [0.05, 0.1) is 5.69 Å². The van der Waals surface area contributed by atoms with Gasteiger partial charge in [0.25, 0.3) is 0 Å². The Labute approximate surface area is 134 Å². The minimum absolute atomic E-state index is 0.0899. The lowest BCUT2D eigenvalue weighted by atomic mass is 9.83. The second kappa shape index (κ2) is 4.69. The van der Waals surface area contributed by atoms with E-state index in [1.165, 1.54) is 17.7 Å². The van der Waals surface area contributed by atoms with E-state index in [1.807, 2.05) is 0 Å². The van der Waals surface area contributed by atoms with E-state index in [1.54, 1.807) is 24.3 Å². The monoisotopic (exact) mass is 315 g/mol. The minimum atomic E-state index is -0.0957. The van der Waals surface area contributed by atoms with Gasteiger partial charge >= 0.3 is 0 Å². The van der Waals surface area contributed by atoms with Crippen LogP contribution in [0.25, 0.3) is 0 Å². The van der Waals surface area contributed by atoms with E-state index in [0.717, 1.165) is 0 Å². The molecular formula is C18H18ClNO2. The smallest absolute Gasteiger partial charge is 0.237 e. The van der Waals surface area contributed by atoms with Crippen molar-refractivity contribution in [2.45, 2.75) is 19.8 Å². The highest BCUT2D eigenvalue weighted by Crippen LogP contribution is 2.72. The number of halogens is 1. The summed E-state index contributed by atoms with van der Waals surface area (Å²) >= 11 is 5.99. The Kier molecular flexibility index (Phi) is 2.99. The van der Waals surface area contributed by atoms with Crippen molar-refractivity contribution < 1.29 is 9.59 Å². The molecule has 2 fully saturated rings. The third kappa shape index (κ3) is 1.75. The number of amides is 2. The molecule has 1 spiro atoms. The molecule has 114 valence electrons. The molecular weight excluding hydrogens is 298 g/mol. The molecule has 1 aromatic carbocycles. The van der Waals surface area contributed by atoms with E-state index in [2.05, 4.69) is 19.1 Å². The van der Waals surface area contributed by atoms with Crippen molar-refractivity contribution in [3.63, 3.8) is 0 Å². The predicted molar refractivity (Wildman–Crippen MR) is 85.4 cm³/mol. The lowest BCUT2D eigenvalue weighted by Crippen LogP contribution is -2.39. The predicted octanol–water partition coefficient (Wildman–Crippen LogP) is 3.68. The van der Waals surface area contributed by atoms with Crippen LogP contribution in [0.4, 0.5) is 5.69 Å². The molecule has 0 radical (unpaired) electrons. The van der Waals surface area contributed by atoms with Crippen molar-refractivity contribution in [3.8, 4) is 0 Å². The average molecular weight is 316 g/mol. The van der Waals surface area contributed by atoms with Crippen LogP contribution >= 0.6 is 11.6 Å². The van der Waals surface area contributed by atoms with E-state index in [4.69, 9.17) is 11.6 Å². The first-order chi connectivity index (χ1) is 10.6. The van der Waals surface area contributed by atoms with Gasteiger partial charge in [0.2, 0.25) is 12.3 Å². The number of rotatable bonds is 3. The van der Waals surface area contributed by atoms with Gasteiger partial charge in [-0.25, -0.2) is 0 Å². The van der Waals surface area contributed by atoms with Gasteiger partial charge < -0.3 is 0 Å². The second-order valence-corrected chi connectivity index (χ2v) is 7.28. The van der Waals surface area contributed by atoms with E-state index >= 15 is 0 Å². The molecule has 4 heteroatoms. The first-order valence-electron chi connectivity index (χ1n) is 7.81. The molecule has 3 aliphatic rings. The van der Waals surface area contributed by atoms with Crippen LogP contribution in [0, 0.1) is 29.1 Å². The van der Waals surface area contributed by atoms with Crippen LogP contribution < -0.4 is 4.90 Å². The molecule has 0 unspecified atom stereocenters. The van der Waals surface area contributed by atoms with Gasteiger partial charge in [0.1, 0.15) is 0 Å². The molecule has 0 saturated heterocycles. The molecule has 1 aromatic rings. The minimum Gasteiger partial charge on any atom is -0.278 e. The fraction of sp³-hybridized carbons (Fsp3) is 0.444. The lowest BCUT2D eigenvalue weighted by Gasteiger charge is -2.27. The molecule has 0 N–H and O–H groups in total. The molecule has 0 aliphatic heterocycles. The lowest BCUT2D eigenvalue weighted by molar-refractivity contribution is -0.126. The van der Waals surface area contributed by atoms with Crippen molar-refractivity contribution >= 4 is 29.6 Å². The second-order valence-electron chi connectivity index (χ2n) is 6.85. The van der Waals surface area contributed by atoms with Gasteiger partial charge in [-0.1, -0.05) is 36.7 Å².